The number of thiophene rings is 1. The van der Waals surface area contributed by atoms with Crippen molar-refractivity contribution in [1.82, 2.24) is 9.91 Å². The molecule has 1 unspecified atom stereocenters. The molecule has 7 nitrogen and oxygen atoms in total. The topological polar surface area (TPSA) is 71.4 Å². The number of hydrazone groups is 1. The molecule has 0 saturated heterocycles. The molecule has 2 aliphatic rings. The molecule has 0 spiro atoms. The summed E-state index contributed by atoms with van der Waals surface area (Å²) < 4.78 is 49.4. The maximum Gasteiger partial charge on any atom is 0.416 e. The number of hydrogen-bond acceptors (Lipinski definition) is 6. The Morgan fingerprint density at radius 1 is 1.11 bits per heavy atom. The zero-order chi connectivity index (χ0) is 25.4. The van der Waals surface area contributed by atoms with E-state index in [-0.39, 0.29) is 18.9 Å². The molecule has 0 bridgehead atoms. The normalized spacial score (nSPS) is 16.7. The number of fused-ring (bicyclic) bond motifs is 1. The first-order chi connectivity index (χ1) is 17.2. The van der Waals surface area contributed by atoms with Crippen molar-refractivity contribution in [3.63, 3.8) is 0 Å². The van der Waals surface area contributed by atoms with Gasteiger partial charge in [0, 0.05) is 19.0 Å². The summed E-state index contributed by atoms with van der Waals surface area (Å²) in [5.41, 5.74) is 0.754. The van der Waals surface area contributed by atoms with Crippen LogP contribution in [0.1, 0.15) is 38.8 Å². The van der Waals surface area contributed by atoms with Gasteiger partial charge in [0.05, 0.1) is 22.2 Å². The molecule has 3 heterocycles. The van der Waals surface area contributed by atoms with Gasteiger partial charge in [0.25, 0.3) is 11.8 Å². The first kappa shape index (κ1) is 23.9. The molecule has 36 heavy (non-hydrogen) atoms. The molecule has 0 aliphatic carbocycles. The molecule has 2 aromatic carbocycles. The Bertz CT molecular complexity index is 1320. The number of alkyl halides is 3. The number of hydrogen-bond donors (Lipinski definition) is 0. The van der Waals surface area contributed by atoms with Crippen LogP contribution in [0.3, 0.4) is 0 Å². The van der Waals surface area contributed by atoms with Crippen LogP contribution < -0.4 is 9.47 Å². The number of halogens is 3. The SMILES string of the molecule is CN(CC(=O)N1N=C(c2cccs2)CC1c1ccc2c(c1)OCO2)C(=O)c1ccc(C(F)(F)F)cc1. The summed E-state index contributed by atoms with van der Waals surface area (Å²) in [7, 11) is 1.42. The summed E-state index contributed by atoms with van der Waals surface area (Å²) in [5.74, 6) is 0.209. The Kier molecular flexibility index (Phi) is 6.17. The summed E-state index contributed by atoms with van der Waals surface area (Å²) in [6.45, 7) is -0.179. The Hall–Kier alpha value is -3.86. The van der Waals surface area contributed by atoms with Crippen molar-refractivity contribution < 1.29 is 32.2 Å². The van der Waals surface area contributed by atoms with E-state index in [1.54, 1.807) is 6.07 Å². The summed E-state index contributed by atoms with van der Waals surface area (Å²) in [6, 6.07) is 12.7. The second-order valence-electron chi connectivity index (χ2n) is 8.33. The molecule has 3 aromatic rings. The third-order valence-corrected chi connectivity index (χ3v) is 6.85. The molecule has 2 amide bonds. The highest BCUT2D eigenvalue weighted by Crippen LogP contribution is 2.39. The van der Waals surface area contributed by atoms with E-state index in [0.29, 0.717) is 17.9 Å². The third-order valence-electron chi connectivity index (χ3n) is 5.93. The van der Waals surface area contributed by atoms with Crippen LogP contribution in [0.5, 0.6) is 11.5 Å². The van der Waals surface area contributed by atoms with Crippen LogP contribution >= 0.6 is 11.3 Å². The molecule has 11 heteroatoms. The van der Waals surface area contributed by atoms with Crippen molar-refractivity contribution in [3.8, 4) is 11.5 Å². The van der Waals surface area contributed by atoms with Crippen molar-refractivity contribution in [2.24, 2.45) is 5.10 Å². The predicted molar refractivity (Wildman–Crippen MR) is 126 cm³/mol. The molecule has 0 N–H and O–H groups in total. The van der Waals surface area contributed by atoms with Crippen molar-refractivity contribution in [1.29, 1.82) is 0 Å². The third kappa shape index (κ3) is 4.66. The average molecular weight is 516 g/mol. The van der Waals surface area contributed by atoms with Gasteiger partial charge in [-0.25, -0.2) is 5.01 Å². The fourth-order valence-corrected chi connectivity index (χ4v) is 4.80. The van der Waals surface area contributed by atoms with E-state index in [1.807, 2.05) is 29.6 Å². The van der Waals surface area contributed by atoms with Gasteiger partial charge in [-0.3, -0.25) is 9.59 Å². The number of benzene rings is 2. The lowest BCUT2D eigenvalue weighted by Gasteiger charge is -2.25. The number of ether oxygens (including phenoxy) is 2. The number of rotatable bonds is 5. The van der Waals surface area contributed by atoms with Gasteiger partial charge in [-0.05, 0) is 53.4 Å². The summed E-state index contributed by atoms with van der Waals surface area (Å²) in [5, 5.41) is 7.87. The lowest BCUT2D eigenvalue weighted by atomic mass is 10.0. The van der Waals surface area contributed by atoms with Gasteiger partial charge < -0.3 is 14.4 Å². The zero-order valence-corrected chi connectivity index (χ0v) is 19.8. The molecule has 1 aromatic heterocycles. The number of likely N-dealkylation sites (N-methyl/N-ethyl adjacent to an activating group) is 1. The molecule has 0 fully saturated rings. The predicted octanol–water partition coefficient (Wildman–Crippen LogP) is 4.95. The van der Waals surface area contributed by atoms with Gasteiger partial charge in [0.1, 0.15) is 6.54 Å². The van der Waals surface area contributed by atoms with Gasteiger partial charge in [0.2, 0.25) is 6.79 Å². The number of carbonyl (C=O) groups excluding carboxylic acids is 2. The number of amides is 2. The van der Waals surface area contributed by atoms with E-state index < -0.39 is 29.6 Å². The van der Waals surface area contributed by atoms with E-state index in [4.69, 9.17) is 9.47 Å². The van der Waals surface area contributed by atoms with E-state index in [1.165, 1.54) is 28.3 Å². The van der Waals surface area contributed by atoms with Crippen LogP contribution in [0.2, 0.25) is 0 Å². The smallest absolute Gasteiger partial charge is 0.416 e. The van der Waals surface area contributed by atoms with Gasteiger partial charge in [0.15, 0.2) is 11.5 Å². The largest absolute Gasteiger partial charge is 0.454 e. The minimum Gasteiger partial charge on any atom is -0.454 e. The molecule has 0 saturated carbocycles. The molecule has 1 atom stereocenters. The first-order valence-corrected chi connectivity index (χ1v) is 11.8. The van der Waals surface area contributed by atoms with Crippen LogP contribution in [0.15, 0.2) is 65.1 Å². The van der Waals surface area contributed by atoms with Crippen LogP contribution in [0.25, 0.3) is 0 Å². The fourth-order valence-electron chi connectivity index (χ4n) is 4.08. The molecular weight excluding hydrogens is 495 g/mol. The summed E-state index contributed by atoms with van der Waals surface area (Å²) in [4.78, 5) is 28.2. The van der Waals surface area contributed by atoms with Crippen LogP contribution in [-0.2, 0) is 11.0 Å². The number of nitrogens with zero attached hydrogens (tertiary/aromatic N) is 3. The van der Waals surface area contributed by atoms with E-state index in [0.717, 1.165) is 40.4 Å². The summed E-state index contributed by atoms with van der Waals surface area (Å²) in [6.07, 6.45) is -4.02. The van der Waals surface area contributed by atoms with Crippen molar-refractivity contribution in [2.45, 2.75) is 18.6 Å². The minimum atomic E-state index is -4.50. The second-order valence-corrected chi connectivity index (χ2v) is 9.28. The Morgan fingerprint density at radius 3 is 2.56 bits per heavy atom. The Labute approximate surface area is 208 Å². The quantitative estimate of drug-likeness (QED) is 0.483. The van der Waals surface area contributed by atoms with E-state index in [2.05, 4.69) is 5.10 Å². The Morgan fingerprint density at radius 2 is 1.86 bits per heavy atom. The van der Waals surface area contributed by atoms with Crippen molar-refractivity contribution >= 4 is 28.9 Å². The first-order valence-electron chi connectivity index (χ1n) is 11.0. The summed E-state index contributed by atoms with van der Waals surface area (Å²) >= 11 is 1.51. The van der Waals surface area contributed by atoms with Crippen LogP contribution in [0.4, 0.5) is 13.2 Å². The minimum absolute atomic E-state index is 0.0508. The molecule has 5 rings (SSSR count). The van der Waals surface area contributed by atoms with Gasteiger partial charge in [-0.2, -0.15) is 18.3 Å². The van der Waals surface area contributed by atoms with Crippen molar-refractivity contribution in [2.75, 3.05) is 20.4 Å². The molecule has 186 valence electrons. The monoisotopic (exact) mass is 515 g/mol. The van der Waals surface area contributed by atoms with Crippen LogP contribution in [-0.4, -0.2) is 47.8 Å². The van der Waals surface area contributed by atoms with Gasteiger partial charge in [-0.1, -0.05) is 12.1 Å². The average Bonchev–Trinajstić information content (AvgIpc) is 3.62. The number of carbonyl (C=O) groups is 2. The van der Waals surface area contributed by atoms with Gasteiger partial charge in [-0.15, -0.1) is 11.3 Å². The highest BCUT2D eigenvalue weighted by atomic mass is 32.1. The van der Waals surface area contributed by atoms with Crippen molar-refractivity contribution in [3.05, 3.63) is 81.5 Å². The van der Waals surface area contributed by atoms with Gasteiger partial charge >= 0.3 is 6.18 Å². The Balaban J connectivity index is 1.36. The maximum absolute atomic E-state index is 13.3. The fraction of sp³-hybridized carbons (Fsp3) is 0.240. The highest BCUT2D eigenvalue weighted by molar-refractivity contribution is 7.12. The van der Waals surface area contributed by atoms with E-state index in [9.17, 15) is 22.8 Å². The molecule has 0 radical (unpaired) electrons. The lowest BCUT2D eigenvalue weighted by molar-refractivity contribution is -0.137. The standard InChI is InChI=1S/C25H20F3N3O4S/c1-30(24(33)15-4-7-17(8-5-15)25(26,27)28)13-23(32)31-19(12-18(29-31)22-3-2-10-36-22)16-6-9-20-21(11-16)35-14-34-20/h2-11,19H,12-14H2,1H3. The zero-order valence-electron chi connectivity index (χ0n) is 19.0. The van der Waals surface area contributed by atoms with Crippen LogP contribution in [0, 0.1) is 0 Å². The highest BCUT2D eigenvalue weighted by Gasteiger charge is 2.35. The van der Waals surface area contributed by atoms with E-state index >= 15 is 0 Å². The molecular formula is C25H20F3N3O4S. The second kappa shape index (κ2) is 9.30. The lowest BCUT2D eigenvalue weighted by Crippen LogP contribution is -2.39. The molecule has 2 aliphatic heterocycles. The maximum atomic E-state index is 13.3.